The lowest BCUT2D eigenvalue weighted by molar-refractivity contribution is 0.0954. The van der Waals surface area contributed by atoms with Gasteiger partial charge in [-0.2, -0.15) is 0 Å². The van der Waals surface area contributed by atoms with Crippen molar-refractivity contribution in [3.63, 3.8) is 0 Å². The predicted molar refractivity (Wildman–Crippen MR) is 97.0 cm³/mol. The number of likely N-dealkylation sites (tertiary alicyclic amines) is 1. The molecule has 0 radical (unpaired) electrons. The lowest BCUT2D eigenvalue weighted by Gasteiger charge is -2.14. The number of carbonyl (C=O) groups excluding carboxylic acids is 1. The highest BCUT2D eigenvalue weighted by atomic mass is 32.1. The first-order chi connectivity index (χ1) is 11.8. The quantitative estimate of drug-likeness (QED) is 0.777. The van der Waals surface area contributed by atoms with Gasteiger partial charge in [0.2, 0.25) is 0 Å². The van der Waals surface area contributed by atoms with E-state index in [1.165, 1.54) is 24.2 Å². The molecule has 1 fully saturated rings. The molecule has 0 aromatic carbocycles. The van der Waals surface area contributed by atoms with E-state index in [0.29, 0.717) is 6.54 Å². The van der Waals surface area contributed by atoms with E-state index in [1.807, 2.05) is 41.2 Å². The zero-order chi connectivity index (χ0) is 16.4. The first-order valence-electron chi connectivity index (χ1n) is 8.34. The maximum absolute atomic E-state index is 12.7. The van der Waals surface area contributed by atoms with Crippen LogP contribution in [-0.2, 0) is 0 Å². The van der Waals surface area contributed by atoms with Crippen LogP contribution < -0.4 is 5.32 Å². The van der Waals surface area contributed by atoms with Crippen molar-refractivity contribution in [3.8, 4) is 5.69 Å². The average molecular weight is 340 g/mol. The summed E-state index contributed by atoms with van der Waals surface area (Å²) < 4.78 is 2.00. The van der Waals surface area contributed by atoms with E-state index >= 15 is 0 Å². The Hall–Kier alpha value is -2.18. The van der Waals surface area contributed by atoms with Gasteiger partial charge in [0.25, 0.3) is 5.91 Å². The van der Waals surface area contributed by atoms with Crippen molar-refractivity contribution in [2.45, 2.75) is 12.8 Å². The van der Waals surface area contributed by atoms with E-state index in [2.05, 4.69) is 15.2 Å². The number of carbonyl (C=O) groups is 1. The van der Waals surface area contributed by atoms with Gasteiger partial charge in [-0.15, -0.1) is 11.3 Å². The molecular weight excluding hydrogens is 320 g/mol. The molecule has 0 unspecified atom stereocenters. The molecule has 0 spiro atoms. The third kappa shape index (κ3) is 2.95. The Kier molecular flexibility index (Phi) is 4.32. The van der Waals surface area contributed by atoms with Gasteiger partial charge in [-0.1, -0.05) is 0 Å². The highest BCUT2D eigenvalue weighted by molar-refractivity contribution is 7.21. The third-order valence-electron chi connectivity index (χ3n) is 4.42. The number of fused-ring (bicyclic) bond motifs is 1. The zero-order valence-electron chi connectivity index (χ0n) is 13.4. The van der Waals surface area contributed by atoms with E-state index in [0.717, 1.165) is 40.4 Å². The summed E-state index contributed by atoms with van der Waals surface area (Å²) in [6, 6.07) is 7.87. The predicted octanol–water partition coefficient (Wildman–Crippen LogP) is 2.91. The standard InChI is InChI=1S/C18H20N4OS/c23-17(19-8-13-21-9-1-2-10-21)16-15(22-11-3-4-12-22)14-6-5-7-20-18(14)24-16/h3-7,11-12H,1-2,8-10,13H2,(H,19,23). The first-order valence-corrected chi connectivity index (χ1v) is 9.16. The number of amides is 1. The Balaban J connectivity index is 1.58. The van der Waals surface area contributed by atoms with Crippen molar-refractivity contribution in [3.05, 3.63) is 47.7 Å². The molecule has 1 N–H and O–H groups in total. The first kappa shape index (κ1) is 15.4. The maximum atomic E-state index is 12.7. The molecule has 6 heteroatoms. The molecule has 0 aliphatic carbocycles. The molecule has 4 heterocycles. The van der Waals surface area contributed by atoms with Crippen LogP contribution in [0.2, 0.25) is 0 Å². The summed E-state index contributed by atoms with van der Waals surface area (Å²) in [6.45, 7) is 3.91. The molecule has 24 heavy (non-hydrogen) atoms. The largest absolute Gasteiger partial charge is 0.350 e. The van der Waals surface area contributed by atoms with Crippen LogP contribution in [-0.4, -0.2) is 46.5 Å². The van der Waals surface area contributed by atoms with Crippen LogP contribution in [0.5, 0.6) is 0 Å². The van der Waals surface area contributed by atoms with Crippen LogP contribution in [0, 0.1) is 0 Å². The highest BCUT2D eigenvalue weighted by Gasteiger charge is 2.20. The van der Waals surface area contributed by atoms with Gasteiger partial charge in [-0.05, 0) is 50.2 Å². The topological polar surface area (TPSA) is 50.2 Å². The molecule has 0 bridgehead atoms. The fraction of sp³-hybridized carbons (Fsp3) is 0.333. The summed E-state index contributed by atoms with van der Waals surface area (Å²) >= 11 is 1.46. The van der Waals surface area contributed by atoms with Crippen LogP contribution in [0.15, 0.2) is 42.9 Å². The molecule has 1 aliphatic heterocycles. The number of hydrogen-bond donors (Lipinski definition) is 1. The number of thiophene rings is 1. The van der Waals surface area contributed by atoms with Crippen molar-refractivity contribution in [1.82, 2.24) is 19.8 Å². The minimum Gasteiger partial charge on any atom is -0.350 e. The SMILES string of the molecule is O=C(NCCN1CCCC1)c1sc2ncccc2c1-n1cccc1. The summed E-state index contributed by atoms with van der Waals surface area (Å²) in [7, 11) is 0. The Bertz CT molecular complexity index is 834. The lowest BCUT2D eigenvalue weighted by Crippen LogP contribution is -2.33. The van der Waals surface area contributed by atoms with E-state index in [4.69, 9.17) is 0 Å². The minimum atomic E-state index is -0.0131. The lowest BCUT2D eigenvalue weighted by atomic mass is 10.2. The van der Waals surface area contributed by atoms with E-state index in [-0.39, 0.29) is 5.91 Å². The van der Waals surface area contributed by atoms with Gasteiger partial charge in [-0.25, -0.2) is 4.98 Å². The smallest absolute Gasteiger partial charge is 0.263 e. The fourth-order valence-corrected chi connectivity index (χ4v) is 4.29. The van der Waals surface area contributed by atoms with E-state index in [9.17, 15) is 4.79 Å². The van der Waals surface area contributed by atoms with Crippen molar-refractivity contribution in [1.29, 1.82) is 0 Å². The molecule has 3 aromatic rings. The molecular formula is C18H20N4OS. The van der Waals surface area contributed by atoms with Crippen LogP contribution in [0.3, 0.4) is 0 Å². The molecule has 124 valence electrons. The normalized spacial score (nSPS) is 15.2. The molecule has 1 saturated heterocycles. The molecule has 3 aromatic heterocycles. The molecule has 4 rings (SSSR count). The number of hydrogen-bond acceptors (Lipinski definition) is 4. The minimum absolute atomic E-state index is 0.0131. The van der Waals surface area contributed by atoms with Gasteiger partial charge in [0, 0.05) is 37.1 Å². The second-order valence-corrected chi connectivity index (χ2v) is 7.03. The van der Waals surface area contributed by atoms with Crippen molar-refractivity contribution in [2.24, 2.45) is 0 Å². The summed E-state index contributed by atoms with van der Waals surface area (Å²) in [4.78, 5) is 21.2. The summed E-state index contributed by atoms with van der Waals surface area (Å²) in [5.41, 5.74) is 0.923. The van der Waals surface area contributed by atoms with Crippen LogP contribution in [0.1, 0.15) is 22.5 Å². The second-order valence-electron chi connectivity index (χ2n) is 6.03. The Morgan fingerprint density at radius 1 is 1.21 bits per heavy atom. The van der Waals surface area contributed by atoms with Crippen LogP contribution in [0.4, 0.5) is 0 Å². The summed E-state index contributed by atoms with van der Waals surface area (Å²) in [5.74, 6) is -0.0131. The molecule has 1 aliphatic rings. The van der Waals surface area contributed by atoms with Gasteiger partial charge in [0.05, 0.1) is 5.69 Å². The molecule has 1 amide bonds. The van der Waals surface area contributed by atoms with Crippen molar-refractivity contribution < 1.29 is 4.79 Å². The number of pyridine rings is 1. The summed E-state index contributed by atoms with van der Waals surface area (Å²) in [5, 5.41) is 4.09. The Labute approximate surface area is 144 Å². The van der Waals surface area contributed by atoms with Gasteiger partial charge in [0.1, 0.15) is 9.71 Å². The van der Waals surface area contributed by atoms with Gasteiger partial charge < -0.3 is 14.8 Å². The highest BCUT2D eigenvalue weighted by Crippen LogP contribution is 2.32. The number of nitrogens with zero attached hydrogens (tertiary/aromatic N) is 3. The Morgan fingerprint density at radius 2 is 2.00 bits per heavy atom. The fourth-order valence-electron chi connectivity index (χ4n) is 3.23. The number of rotatable bonds is 5. The monoisotopic (exact) mass is 340 g/mol. The number of aromatic nitrogens is 2. The average Bonchev–Trinajstić information content (AvgIpc) is 3.34. The molecule has 0 saturated carbocycles. The van der Waals surface area contributed by atoms with Gasteiger partial charge >= 0.3 is 0 Å². The third-order valence-corrected chi connectivity index (χ3v) is 5.52. The van der Waals surface area contributed by atoms with Crippen molar-refractivity contribution in [2.75, 3.05) is 26.2 Å². The zero-order valence-corrected chi connectivity index (χ0v) is 14.3. The van der Waals surface area contributed by atoms with Gasteiger partial charge in [-0.3, -0.25) is 4.79 Å². The number of nitrogens with one attached hydrogen (secondary N) is 1. The molecule has 0 atom stereocenters. The molecule has 5 nitrogen and oxygen atoms in total. The summed E-state index contributed by atoms with van der Waals surface area (Å²) in [6.07, 6.45) is 8.25. The Morgan fingerprint density at radius 3 is 2.79 bits per heavy atom. The second kappa shape index (κ2) is 6.75. The van der Waals surface area contributed by atoms with Crippen LogP contribution >= 0.6 is 11.3 Å². The van der Waals surface area contributed by atoms with E-state index in [1.54, 1.807) is 6.20 Å². The maximum Gasteiger partial charge on any atom is 0.263 e. The van der Waals surface area contributed by atoms with Gasteiger partial charge in [0.15, 0.2) is 0 Å². The van der Waals surface area contributed by atoms with Crippen molar-refractivity contribution >= 4 is 27.5 Å². The van der Waals surface area contributed by atoms with Crippen LogP contribution in [0.25, 0.3) is 15.9 Å². The van der Waals surface area contributed by atoms with E-state index < -0.39 is 0 Å².